The summed E-state index contributed by atoms with van der Waals surface area (Å²) in [4.78, 5) is 15.6. The normalized spacial score (nSPS) is 22.2. The molecule has 1 saturated carbocycles. The van der Waals surface area contributed by atoms with Crippen LogP contribution in [0.5, 0.6) is 6.01 Å². The van der Waals surface area contributed by atoms with Crippen LogP contribution < -0.4 is 10.1 Å². The number of rotatable bonds is 3. The van der Waals surface area contributed by atoms with Crippen molar-refractivity contribution in [1.82, 2.24) is 15.2 Å². The molecule has 0 aromatic carbocycles. The molecule has 1 amide bonds. The van der Waals surface area contributed by atoms with E-state index in [1.54, 1.807) is 0 Å². The molecule has 1 aliphatic rings. The summed E-state index contributed by atoms with van der Waals surface area (Å²) in [6.07, 6.45) is 0.921. The van der Waals surface area contributed by atoms with Crippen LogP contribution in [0.3, 0.4) is 0 Å². The molecule has 1 heterocycles. The molecular formula is C9H14N4O2. The van der Waals surface area contributed by atoms with Gasteiger partial charge in [0, 0.05) is 5.92 Å². The van der Waals surface area contributed by atoms with Gasteiger partial charge in [-0.1, -0.05) is 13.8 Å². The molecule has 2 N–H and O–H groups in total. The molecule has 0 aliphatic heterocycles. The third kappa shape index (κ3) is 1.93. The molecule has 1 unspecified atom stereocenters. The second-order valence-corrected chi connectivity index (χ2v) is 4.41. The number of carbonyl (C=O) groups is 1. The van der Waals surface area contributed by atoms with Crippen LogP contribution >= 0.6 is 0 Å². The Labute approximate surface area is 87.4 Å². The molecular weight excluding hydrogens is 196 g/mol. The lowest BCUT2D eigenvalue weighted by atomic mass is 10.1. The molecule has 1 aromatic heterocycles. The maximum atomic E-state index is 11.6. The Bertz CT molecular complexity index is 385. The minimum Gasteiger partial charge on any atom is -0.466 e. The van der Waals surface area contributed by atoms with Crippen LogP contribution in [0, 0.1) is 11.3 Å². The largest absolute Gasteiger partial charge is 0.466 e. The van der Waals surface area contributed by atoms with E-state index in [4.69, 9.17) is 4.74 Å². The first-order valence-corrected chi connectivity index (χ1v) is 4.80. The van der Waals surface area contributed by atoms with Crippen molar-refractivity contribution in [2.45, 2.75) is 20.3 Å². The van der Waals surface area contributed by atoms with Crippen molar-refractivity contribution >= 4 is 11.9 Å². The molecule has 6 nitrogen and oxygen atoms in total. The molecule has 82 valence electrons. The first-order chi connectivity index (χ1) is 7.03. The average molecular weight is 210 g/mol. The summed E-state index contributed by atoms with van der Waals surface area (Å²) in [6, 6.07) is 0.223. The number of nitrogens with zero attached hydrogens (tertiary/aromatic N) is 2. The summed E-state index contributed by atoms with van der Waals surface area (Å²) in [6.45, 7) is 4.14. The Morgan fingerprint density at radius 2 is 2.33 bits per heavy atom. The number of hydrogen-bond donors (Lipinski definition) is 2. The van der Waals surface area contributed by atoms with E-state index in [2.05, 4.69) is 34.3 Å². The number of anilines is 1. The van der Waals surface area contributed by atoms with Crippen LogP contribution in [0.4, 0.5) is 5.95 Å². The second kappa shape index (κ2) is 3.22. The van der Waals surface area contributed by atoms with Crippen LogP contribution in [0.15, 0.2) is 0 Å². The van der Waals surface area contributed by atoms with Crippen LogP contribution in [0.1, 0.15) is 20.3 Å². The van der Waals surface area contributed by atoms with Crippen molar-refractivity contribution < 1.29 is 9.53 Å². The second-order valence-electron chi connectivity index (χ2n) is 4.41. The van der Waals surface area contributed by atoms with Gasteiger partial charge in [0.25, 0.3) is 0 Å². The van der Waals surface area contributed by atoms with E-state index in [0.29, 0.717) is 5.95 Å². The fourth-order valence-electron chi connectivity index (χ4n) is 1.51. The van der Waals surface area contributed by atoms with Gasteiger partial charge in [-0.15, -0.1) is 5.10 Å². The molecule has 1 atom stereocenters. The summed E-state index contributed by atoms with van der Waals surface area (Å²) in [5.41, 5.74) is 0.119. The Morgan fingerprint density at radius 3 is 2.80 bits per heavy atom. The highest BCUT2D eigenvalue weighted by molar-refractivity contribution is 5.93. The number of aromatic nitrogens is 3. The summed E-state index contributed by atoms with van der Waals surface area (Å²) in [5, 5.41) is 8.98. The van der Waals surface area contributed by atoms with Crippen LogP contribution in [-0.4, -0.2) is 28.2 Å². The van der Waals surface area contributed by atoms with Gasteiger partial charge in [-0.25, -0.2) is 5.10 Å². The minimum absolute atomic E-state index is 0.0150. The van der Waals surface area contributed by atoms with E-state index in [-0.39, 0.29) is 23.3 Å². The number of aromatic amines is 1. The molecule has 6 heteroatoms. The zero-order chi connectivity index (χ0) is 11.1. The average Bonchev–Trinajstić information content (AvgIpc) is 2.62. The van der Waals surface area contributed by atoms with Gasteiger partial charge in [0.15, 0.2) is 0 Å². The highest BCUT2D eigenvalue weighted by atomic mass is 16.5. The van der Waals surface area contributed by atoms with Gasteiger partial charge in [-0.05, 0) is 11.8 Å². The molecule has 1 fully saturated rings. The minimum atomic E-state index is -0.0150. The molecule has 15 heavy (non-hydrogen) atoms. The molecule has 0 bridgehead atoms. The fourth-order valence-corrected chi connectivity index (χ4v) is 1.51. The highest BCUT2D eigenvalue weighted by Gasteiger charge is 2.50. The number of amides is 1. The van der Waals surface area contributed by atoms with E-state index in [9.17, 15) is 4.79 Å². The lowest BCUT2D eigenvalue weighted by Gasteiger charge is -2.02. The van der Waals surface area contributed by atoms with Gasteiger partial charge in [-0.3, -0.25) is 10.1 Å². The number of H-pyrrole nitrogens is 1. The zero-order valence-corrected chi connectivity index (χ0v) is 9.00. The summed E-state index contributed by atoms with van der Waals surface area (Å²) in [7, 11) is 1.47. The number of hydrogen-bond acceptors (Lipinski definition) is 4. The number of nitrogens with one attached hydrogen (secondary N) is 2. The Morgan fingerprint density at radius 1 is 1.67 bits per heavy atom. The molecule has 2 rings (SSSR count). The quantitative estimate of drug-likeness (QED) is 0.773. The number of carbonyl (C=O) groups excluding carboxylic acids is 1. The maximum absolute atomic E-state index is 11.6. The van der Waals surface area contributed by atoms with Gasteiger partial charge in [0.2, 0.25) is 11.9 Å². The van der Waals surface area contributed by atoms with Crippen LogP contribution in [-0.2, 0) is 4.79 Å². The fraction of sp³-hybridized carbons (Fsp3) is 0.667. The van der Waals surface area contributed by atoms with Gasteiger partial charge in [-0.2, -0.15) is 4.98 Å². The predicted molar refractivity (Wildman–Crippen MR) is 53.5 cm³/mol. The molecule has 0 saturated heterocycles. The number of ether oxygens (including phenoxy) is 1. The van der Waals surface area contributed by atoms with Crippen molar-refractivity contribution in [1.29, 1.82) is 0 Å². The highest BCUT2D eigenvalue weighted by Crippen LogP contribution is 2.51. The van der Waals surface area contributed by atoms with Crippen LogP contribution in [0.25, 0.3) is 0 Å². The predicted octanol–water partition coefficient (Wildman–Crippen LogP) is 0.798. The number of methoxy groups -OCH3 is 1. The third-order valence-electron chi connectivity index (χ3n) is 2.72. The first-order valence-electron chi connectivity index (χ1n) is 4.80. The summed E-state index contributed by atoms with van der Waals surface area (Å²) >= 11 is 0. The maximum Gasteiger partial charge on any atom is 0.336 e. The lowest BCUT2D eigenvalue weighted by molar-refractivity contribution is -0.118. The van der Waals surface area contributed by atoms with E-state index >= 15 is 0 Å². The van der Waals surface area contributed by atoms with E-state index < -0.39 is 0 Å². The molecule has 1 aromatic rings. The zero-order valence-electron chi connectivity index (χ0n) is 9.00. The smallest absolute Gasteiger partial charge is 0.336 e. The monoisotopic (exact) mass is 210 g/mol. The SMILES string of the molecule is COc1n[nH]c(NC(=O)C2CC2(C)C)n1. The summed E-state index contributed by atoms with van der Waals surface area (Å²) in [5.74, 6) is 0.395. The van der Waals surface area contributed by atoms with E-state index in [1.807, 2.05) is 0 Å². The molecule has 0 radical (unpaired) electrons. The lowest BCUT2D eigenvalue weighted by Crippen LogP contribution is -2.17. The first kappa shape index (κ1) is 9.95. The van der Waals surface area contributed by atoms with E-state index in [0.717, 1.165) is 6.42 Å². The van der Waals surface area contributed by atoms with Gasteiger partial charge < -0.3 is 4.74 Å². The van der Waals surface area contributed by atoms with Crippen molar-refractivity contribution in [3.8, 4) is 6.01 Å². The summed E-state index contributed by atoms with van der Waals surface area (Å²) < 4.78 is 4.79. The van der Waals surface area contributed by atoms with Crippen LogP contribution in [0.2, 0.25) is 0 Å². The Hall–Kier alpha value is -1.59. The van der Waals surface area contributed by atoms with Gasteiger partial charge in [0.05, 0.1) is 7.11 Å². The topological polar surface area (TPSA) is 79.9 Å². The third-order valence-corrected chi connectivity index (χ3v) is 2.72. The Balaban J connectivity index is 1.95. The Kier molecular flexibility index (Phi) is 2.13. The molecule has 0 spiro atoms. The van der Waals surface area contributed by atoms with Gasteiger partial charge in [0.1, 0.15) is 0 Å². The standard InChI is InChI=1S/C9H14N4O2/c1-9(2)4-5(9)6(14)10-7-11-8(15-3)13-12-7/h5H,4H2,1-3H3,(H2,10,11,12,13,14). The van der Waals surface area contributed by atoms with Crippen molar-refractivity contribution in [3.63, 3.8) is 0 Å². The van der Waals surface area contributed by atoms with Crippen molar-refractivity contribution in [3.05, 3.63) is 0 Å². The van der Waals surface area contributed by atoms with Crippen molar-refractivity contribution in [2.24, 2.45) is 11.3 Å². The van der Waals surface area contributed by atoms with E-state index in [1.165, 1.54) is 7.11 Å². The van der Waals surface area contributed by atoms with Gasteiger partial charge >= 0.3 is 6.01 Å². The van der Waals surface area contributed by atoms with Crippen molar-refractivity contribution in [2.75, 3.05) is 12.4 Å². The molecule has 1 aliphatic carbocycles.